The van der Waals surface area contributed by atoms with Crippen LogP contribution in [-0.2, 0) is 6.42 Å². The van der Waals surface area contributed by atoms with Crippen molar-refractivity contribution < 1.29 is 9.18 Å². The zero-order valence-corrected chi connectivity index (χ0v) is 17.4. The van der Waals surface area contributed by atoms with Crippen LogP contribution in [0.4, 0.5) is 4.39 Å². The van der Waals surface area contributed by atoms with Gasteiger partial charge in [0.15, 0.2) is 0 Å². The summed E-state index contributed by atoms with van der Waals surface area (Å²) < 4.78 is 14.4. The zero-order valence-electron chi connectivity index (χ0n) is 16.6. The maximum atomic E-state index is 14.4. The number of nitrogens with one attached hydrogen (secondary N) is 1. The van der Waals surface area contributed by atoms with Gasteiger partial charge in [-0.05, 0) is 54.1 Å². The monoisotopic (exact) mass is 416 g/mol. The van der Waals surface area contributed by atoms with Crippen LogP contribution in [0.1, 0.15) is 33.2 Å². The number of thioether (sulfide) groups is 1. The number of nitrogens with zero attached hydrogens (tertiary/aromatic N) is 1. The van der Waals surface area contributed by atoms with Crippen molar-refractivity contribution in [3.63, 3.8) is 0 Å². The van der Waals surface area contributed by atoms with Crippen molar-refractivity contribution in [1.82, 2.24) is 9.88 Å². The van der Waals surface area contributed by atoms with Crippen LogP contribution < -0.4 is 0 Å². The van der Waals surface area contributed by atoms with Gasteiger partial charge in [0.2, 0.25) is 0 Å². The molecule has 0 fully saturated rings. The Morgan fingerprint density at radius 2 is 1.77 bits per heavy atom. The number of rotatable bonds is 3. The minimum atomic E-state index is -0.485. The Hall–Kier alpha value is -3.05. The number of hydrogen-bond donors (Lipinski definition) is 1. The highest BCUT2D eigenvalue weighted by Crippen LogP contribution is 2.39. The summed E-state index contributed by atoms with van der Waals surface area (Å²) in [5.74, 6) is -0.766. The molecule has 5 heteroatoms. The van der Waals surface area contributed by atoms with Gasteiger partial charge in [0.05, 0.1) is 11.6 Å². The second-order valence-corrected chi connectivity index (χ2v) is 8.35. The SMILES string of the molecule is CSc1ccc(C2c3[nH]c4ccccc4c3CCN2C(=O)c2ccccc2F)cc1. The second kappa shape index (κ2) is 7.65. The number of para-hydroxylation sites is 1. The number of aromatic amines is 1. The van der Waals surface area contributed by atoms with E-state index in [2.05, 4.69) is 41.4 Å². The molecule has 150 valence electrons. The average Bonchev–Trinajstić information content (AvgIpc) is 3.17. The van der Waals surface area contributed by atoms with Crippen molar-refractivity contribution >= 4 is 28.6 Å². The quantitative estimate of drug-likeness (QED) is 0.428. The molecule has 2 heterocycles. The fourth-order valence-corrected chi connectivity index (χ4v) is 4.79. The third-order valence-electron chi connectivity index (χ3n) is 5.83. The molecule has 0 aliphatic carbocycles. The molecule has 1 aliphatic rings. The molecule has 0 saturated heterocycles. The lowest BCUT2D eigenvalue weighted by molar-refractivity contribution is 0.0687. The van der Waals surface area contributed by atoms with E-state index in [1.807, 2.05) is 18.4 Å². The number of benzene rings is 3. The molecule has 3 nitrogen and oxygen atoms in total. The topological polar surface area (TPSA) is 36.1 Å². The highest BCUT2D eigenvalue weighted by molar-refractivity contribution is 7.98. The lowest BCUT2D eigenvalue weighted by Crippen LogP contribution is -2.41. The molecule has 30 heavy (non-hydrogen) atoms. The van der Waals surface area contributed by atoms with Crippen molar-refractivity contribution in [2.75, 3.05) is 12.8 Å². The predicted octanol–water partition coefficient (Wildman–Crippen LogP) is 5.82. The van der Waals surface area contributed by atoms with Crippen LogP contribution in [0.25, 0.3) is 10.9 Å². The van der Waals surface area contributed by atoms with Crippen LogP contribution in [0.2, 0.25) is 0 Å². The van der Waals surface area contributed by atoms with Gasteiger partial charge in [0.1, 0.15) is 5.82 Å². The van der Waals surface area contributed by atoms with Gasteiger partial charge in [0, 0.05) is 28.0 Å². The van der Waals surface area contributed by atoms with Crippen molar-refractivity contribution in [2.24, 2.45) is 0 Å². The molecule has 1 unspecified atom stereocenters. The summed E-state index contributed by atoms with van der Waals surface area (Å²) in [5, 5.41) is 1.19. The number of halogens is 1. The molecule has 0 bridgehead atoms. The van der Waals surface area contributed by atoms with Crippen molar-refractivity contribution in [3.8, 4) is 0 Å². The van der Waals surface area contributed by atoms with Gasteiger partial charge < -0.3 is 9.88 Å². The van der Waals surface area contributed by atoms with Crippen LogP contribution in [-0.4, -0.2) is 28.6 Å². The number of carbonyl (C=O) groups is 1. The fraction of sp³-hybridized carbons (Fsp3) is 0.160. The number of fused-ring (bicyclic) bond motifs is 3. The van der Waals surface area contributed by atoms with Crippen LogP contribution >= 0.6 is 11.8 Å². The van der Waals surface area contributed by atoms with Gasteiger partial charge in [0.25, 0.3) is 5.91 Å². The summed E-state index contributed by atoms with van der Waals surface area (Å²) >= 11 is 1.68. The number of amides is 1. The van der Waals surface area contributed by atoms with E-state index in [4.69, 9.17) is 0 Å². The van der Waals surface area contributed by atoms with E-state index in [1.165, 1.54) is 21.9 Å². The standard InChI is InChI=1S/C25H21FN2OS/c1-30-17-12-10-16(11-13-17)24-23-19(18-6-3-5-9-22(18)27-23)14-15-28(24)25(29)20-7-2-4-8-21(20)26/h2-13,24,27H,14-15H2,1H3. The molecule has 1 amide bonds. The fourth-order valence-electron chi connectivity index (χ4n) is 4.38. The molecule has 0 radical (unpaired) electrons. The van der Waals surface area contributed by atoms with Gasteiger partial charge in [-0.3, -0.25) is 4.79 Å². The first-order valence-corrected chi connectivity index (χ1v) is 11.2. The molecule has 4 aromatic rings. The van der Waals surface area contributed by atoms with Crippen LogP contribution in [0, 0.1) is 5.82 Å². The summed E-state index contributed by atoms with van der Waals surface area (Å²) in [6.45, 7) is 0.539. The largest absolute Gasteiger partial charge is 0.356 e. The van der Waals surface area contributed by atoms with Crippen molar-refractivity contribution in [1.29, 1.82) is 0 Å². The van der Waals surface area contributed by atoms with Gasteiger partial charge in [-0.25, -0.2) is 4.39 Å². The van der Waals surface area contributed by atoms with E-state index in [-0.39, 0.29) is 17.5 Å². The van der Waals surface area contributed by atoms with E-state index in [1.54, 1.807) is 34.9 Å². The maximum Gasteiger partial charge on any atom is 0.257 e. The van der Waals surface area contributed by atoms with E-state index in [9.17, 15) is 9.18 Å². The molecule has 5 rings (SSSR count). The van der Waals surface area contributed by atoms with E-state index < -0.39 is 5.82 Å². The summed E-state index contributed by atoms with van der Waals surface area (Å²) in [4.78, 5) is 19.9. The predicted molar refractivity (Wildman–Crippen MR) is 120 cm³/mol. The average molecular weight is 417 g/mol. The molecule has 1 aliphatic heterocycles. The van der Waals surface area contributed by atoms with Crippen LogP contribution in [0.5, 0.6) is 0 Å². The number of H-pyrrole nitrogens is 1. The molecule has 1 N–H and O–H groups in total. The normalized spacial score (nSPS) is 15.9. The first-order chi connectivity index (χ1) is 14.7. The summed E-state index contributed by atoms with van der Waals surface area (Å²) in [6, 6.07) is 22.4. The lowest BCUT2D eigenvalue weighted by atomic mass is 9.91. The first-order valence-electron chi connectivity index (χ1n) is 9.96. The Balaban J connectivity index is 1.66. The minimum absolute atomic E-state index is 0.114. The summed E-state index contributed by atoms with van der Waals surface area (Å²) in [6.07, 6.45) is 2.78. The minimum Gasteiger partial charge on any atom is -0.356 e. The molecular formula is C25H21FN2OS. The molecule has 1 atom stereocenters. The van der Waals surface area contributed by atoms with E-state index in [0.717, 1.165) is 23.2 Å². The van der Waals surface area contributed by atoms with Crippen LogP contribution in [0.3, 0.4) is 0 Å². The highest BCUT2D eigenvalue weighted by atomic mass is 32.2. The van der Waals surface area contributed by atoms with Crippen molar-refractivity contribution in [3.05, 3.63) is 101 Å². The Kier molecular flexibility index (Phi) is 4.83. The Morgan fingerprint density at radius 3 is 2.53 bits per heavy atom. The molecule has 0 spiro atoms. The highest BCUT2D eigenvalue weighted by Gasteiger charge is 2.35. The molecular weight excluding hydrogens is 395 g/mol. The van der Waals surface area contributed by atoms with E-state index >= 15 is 0 Å². The summed E-state index contributed by atoms with van der Waals surface area (Å²) in [5.41, 5.74) is 4.45. The third kappa shape index (κ3) is 3.10. The Labute approximate surface area is 178 Å². The van der Waals surface area contributed by atoms with Crippen LogP contribution in [0.15, 0.2) is 77.7 Å². The second-order valence-electron chi connectivity index (χ2n) is 7.47. The first kappa shape index (κ1) is 18.9. The van der Waals surface area contributed by atoms with Gasteiger partial charge in [-0.2, -0.15) is 0 Å². The maximum absolute atomic E-state index is 14.4. The van der Waals surface area contributed by atoms with Gasteiger partial charge >= 0.3 is 0 Å². The number of carbonyl (C=O) groups excluding carboxylic acids is 1. The molecule has 1 aromatic heterocycles. The third-order valence-corrected chi connectivity index (χ3v) is 6.57. The lowest BCUT2D eigenvalue weighted by Gasteiger charge is -2.36. The Bertz CT molecular complexity index is 1230. The van der Waals surface area contributed by atoms with E-state index in [0.29, 0.717) is 6.54 Å². The zero-order chi connectivity index (χ0) is 20.7. The number of hydrogen-bond acceptors (Lipinski definition) is 2. The smallest absolute Gasteiger partial charge is 0.257 e. The van der Waals surface area contributed by atoms with Gasteiger partial charge in [-0.1, -0.05) is 42.5 Å². The summed E-state index contributed by atoms with van der Waals surface area (Å²) in [7, 11) is 0. The Morgan fingerprint density at radius 1 is 1.03 bits per heavy atom. The van der Waals surface area contributed by atoms with Gasteiger partial charge in [-0.15, -0.1) is 11.8 Å². The number of aromatic nitrogens is 1. The molecule has 3 aromatic carbocycles. The molecule has 0 saturated carbocycles. The van der Waals surface area contributed by atoms with Crippen molar-refractivity contribution in [2.45, 2.75) is 17.4 Å².